The van der Waals surface area contributed by atoms with Crippen LogP contribution in [-0.4, -0.2) is 44.3 Å². The molecule has 0 bridgehead atoms. The van der Waals surface area contributed by atoms with E-state index in [0.29, 0.717) is 30.2 Å². The van der Waals surface area contributed by atoms with E-state index < -0.39 is 0 Å². The summed E-state index contributed by atoms with van der Waals surface area (Å²) in [5, 5.41) is 10.6. The summed E-state index contributed by atoms with van der Waals surface area (Å²) in [7, 11) is 0. The van der Waals surface area contributed by atoms with Crippen molar-refractivity contribution in [1.29, 1.82) is 0 Å². The lowest BCUT2D eigenvalue weighted by Gasteiger charge is -2.26. The second-order valence-corrected chi connectivity index (χ2v) is 7.31. The smallest absolute Gasteiger partial charge is 0.261 e. The molecule has 0 atom stereocenters. The van der Waals surface area contributed by atoms with E-state index in [2.05, 4.69) is 4.98 Å². The fourth-order valence-electron chi connectivity index (χ4n) is 3.41. The second-order valence-electron chi connectivity index (χ2n) is 6.37. The lowest BCUT2D eigenvalue weighted by Crippen LogP contribution is -2.33. The van der Waals surface area contributed by atoms with Crippen LogP contribution in [0.15, 0.2) is 9.95 Å². The Morgan fingerprint density at radius 3 is 2.44 bits per heavy atom. The van der Waals surface area contributed by atoms with Gasteiger partial charge in [0.25, 0.3) is 5.56 Å². The van der Waals surface area contributed by atoms with Crippen LogP contribution in [0.25, 0.3) is 0 Å². The average Bonchev–Trinajstić information content (AvgIpc) is 2.62. The molecular weight excluding hydrogens is 338 g/mol. The molecular formula is C18H29N3O3S. The SMILES string of the molecule is CCc1c(O)nc(SCC(=O)N(CC)CC)n(C2CCCCC2)c1=O. The van der Waals surface area contributed by atoms with Crippen molar-refractivity contribution in [1.82, 2.24) is 14.5 Å². The number of carbonyl (C=O) groups excluding carboxylic acids is 1. The highest BCUT2D eigenvalue weighted by Gasteiger charge is 2.24. The number of rotatable bonds is 7. The van der Waals surface area contributed by atoms with E-state index in [-0.39, 0.29) is 29.1 Å². The van der Waals surface area contributed by atoms with E-state index in [9.17, 15) is 14.7 Å². The molecule has 0 aromatic carbocycles. The quantitative estimate of drug-likeness (QED) is 0.592. The molecule has 0 aliphatic heterocycles. The van der Waals surface area contributed by atoms with Crippen LogP contribution in [0.5, 0.6) is 5.88 Å². The van der Waals surface area contributed by atoms with Gasteiger partial charge in [-0.3, -0.25) is 14.2 Å². The lowest BCUT2D eigenvalue weighted by molar-refractivity contribution is -0.127. The molecule has 1 N–H and O–H groups in total. The number of aromatic hydroxyl groups is 1. The van der Waals surface area contributed by atoms with Crippen molar-refractivity contribution in [2.24, 2.45) is 0 Å². The molecule has 1 amide bonds. The molecule has 0 radical (unpaired) electrons. The highest BCUT2D eigenvalue weighted by Crippen LogP contribution is 2.31. The van der Waals surface area contributed by atoms with Gasteiger partial charge < -0.3 is 10.0 Å². The van der Waals surface area contributed by atoms with Gasteiger partial charge in [-0.2, -0.15) is 4.98 Å². The number of carbonyl (C=O) groups is 1. The third-order valence-electron chi connectivity index (χ3n) is 4.89. The van der Waals surface area contributed by atoms with Crippen LogP contribution in [0.3, 0.4) is 0 Å². The van der Waals surface area contributed by atoms with Crippen molar-refractivity contribution in [2.75, 3.05) is 18.8 Å². The summed E-state index contributed by atoms with van der Waals surface area (Å²) in [5.74, 6) is 0.0574. The molecule has 1 aliphatic carbocycles. The Morgan fingerprint density at radius 1 is 1.24 bits per heavy atom. The van der Waals surface area contributed by atoms with Gasteiger partial charge in [0, 0.05) is 19.1 Å². The number of hydrogen-bond donors (Lipinski definition) is 1. The maximum atomic E-state index is 12.9. The average molecular weight is 368 g/mol. The first-order chi connectivity index (χ1) is 12.0. The van der Waals surface area contributed by atoms with Crippen molar-refractivity contribution in [3.05, 3.63) is 15.9 Å². The van der Waals surface area contributed by atoms with Gasteiger partial charge in [-0.05, 0) is 33.1 Å². The van der Waals surface area contributed by atoms with Gasteiger partial charge in [-0.1, -0.05) is 37.9 Å². The Hall–Kier alpha value is -1.50. The number of aromatic nitrogens is 2. The van der Waals surface area contributed by atoms with Gasteiger partial charge in [0.05, 0.1) is 11.3 Å². The summed E-state index contributed by atoms with van der Waals surface area (Å²) >= 11 is 1.26. The van der Waals surface area contributed by atoms with E-state index in [1.54, 1.807) is 9.47 Å². The first-order valence-corrected chi connectivity index (χ1v) is 10.3. The van der Waals surface area contributed by atoms with E-state index in [0.717, 1.165) is 25.7 Å². The molecule has 25 heavy (non-hydrogen) atoms. The van der Waals surface area contributed by atoms with Crippen LogP contribution in [0.2, 0.25) is 0 Å². The maximum Gasteiger partial charge on any atom is 0.261 e. The molecule has 140 valence electrons. The second kappa shape index (κ2) is 9.27. The first-order valence-electron chi connectivity index (χ1n) is 9.28. The molecule has 1 saturated carbocycles. The predicted molar refractivity (Wildman–Crippen MR) is 100 cm³/mol. The molecule has 1 aromatic rings. The van der Waals surface area contributed by atoms with Crippen molar-refractivity contribution in [2.45, 2.75) is 70.5 Å². The Labute approximate surface area is 153 Å². The monoisotopic (exact) mass is 367 g/mol. The normalized spacial score (nSPS) is 15.3. The third kappa shape index (κ3) is 4.57. The van der Waals surface area contributed by atoms with Crippen LogP contribution in [0.4, 0.5) is 0 Å². The predicted octanol–water partition coefficient (Wildman–Crippen LogP) is 2.98. The molecule has 2 rings (SSSR count). The highest BCUT2D eigenvalue weighted by atomic mass is 32.2. The van der Waals surface area contributed by atoms with Gasteiger partial charge in [0.2, 0.25) is 11.8 Å². The molecule has 0 saturated heterocycles. The zero-order valence-corrected chi connectivity index (χ0v) is 16.3. The Morgan fingerprint density at radius 2 is 1.88 bits per heavy atom. The zero-order valence-electron chi connectivity index (χ0n) is 15.5. The molecule has 0 spiro atoms. The molecule has 1 aromatic heterocycles. The van der Waals surface area contributed by atoms with Gasteiger partial charge >= 0.3 is 0 Å². The minimum atomic E-state index is -0.197. The van der Waals surface area contributed by atoms with Gasteiger partial charge in [-0.25, -0.2) is 0 Å². The van der Waals surface area contributed by atoms with Crippen LogP contribution in [0.1, 0.15) is 64.5 Å². The maximum absolute atomic E-state index is 12.9. The van der Waals surface area contributed by atoms with Crippen molar-refractivity contribution in [3.8, 4) is 5.88 Å². The van der Waals surface area contributed by atoms with Crippen molar-refractivity contribution in [3.63, 3.8) is 0 Å². The topological polar surface area (TPSA) is 75.4 Å². The molecule has 1 heterocycles. The minimum Gasteiger partial charge on any atom is -0.493 e. The number of hydrogen-bond acceptors (Lipinski definition) is 5. The Bertz CT molecular complexity index is 650. The summed E-state index contributed by atoms with van der Waals surface area (Å²) in [5.41, 5.74) is 0.213. The third-order valence-corrected chi connectivity index (χ3v) is 5.83. The molecule has 6 nitrogen and oxygen atoms in total. The largest absolute Gasteiger partial charge is 0.493 e. The molecule has 1 aliphatic rings. The van der Waals surface area contributed by atoms with Gasteiger partial charge in [0.15, 0.2) is 5.16 Å². The highest BCUT2D eigenvalue weighted by molar-refractivity contribution is 7.99. The summed E-state index contributed by atoms with van der Waals surface area (Å²) in [4.78, 5) is 31.2. The number of nitrogens with zero attached hydrogens (tertiary/aromatic N) is 3. The Kier molecular flexibility index (Phi) is 7.35. The molecule has 7 heteroatoms. The van der Waals surface area contributed by atoms with E-state index in [4.69, 9.17) is 0 Å². The summed E-state index contributed by atoms with van der Waals surface area (Å²) in [6, 6.07) is 0.116. The number of amides is 1. The van der Waals surface area contributed by atoms with Gasteiger partial charge in [-0.15, -0.1) is 0 Å². The van der Waals surface area contributed by atoms with Crippen LogP contribution in [0, 0.1) is 0 Å². The van der Waals surface area contributed by atoms with E-state index in [1.165, 1.54) is 18.2 Å². The Balaban J connectivity index is 2.32. The summed E-state index contributed by atoms with van der Waals surface area (Å²) < 4.78 is 1.73. The van der Waals surface area contributed by atoms with Crippen molar-refractivity contribution < 1.29 is 9.90 Å². The molecule has 0 unspecified atom stereocenters. The van der Waals surface area contributed by atoms with Gasteiger partial charge in [0.1, 0.15) is 0 Å². The van der Waals surface area contributed by atoms with E-state index in [1.807, 2.05) is 20.8 Å². The zero-order chi connectivity index (χ0) is 18.4. The standard InChI is InChI=1S/C18H29N3O3S/c1-4-14-16(23)19-18(25-12-15(22)20(5-2)6-3)21(17(14)24)13-10-8-7-9-11-13/h13,23H,4-12H2,1-3H3. The fourth-order valence-corrected chi connectivity index (χ4v) is 4.36. The van der Waals surface area contributed by atoms with Crippen LogP contribution >= 0.6 is 11.8 Å². The van der Waals surface area contributed by atoms with E-state index >= 15 is 0 Å². The summed E-state index contributed by atoms with van der Waals surface area (Å²) in [6.07, 6.45) is 5.75. The number of thioether (sulfide) groups is 1. The lowest BCUT2D eigenvalue weighted by atomic mass is 9.95. The molecule has 1 fully saturated rings. The van der Waals surface area contributed by atoms with Crippen LogP contribution < -0.4 is 5.56 Å². The van der Waals surface area contributed by atoms with Crippen LogP contribution in [-0.2, 0) is 11.2 Å². The summed E-state index contributed by atoms with van der Waals surface area (Å²) in [6.45, 7) is 7.08. The first kappa shape index (κ1) is 19.8. The fraction of sp³-hybridized carbons (Fsp3) is 0.722. The van der Waals surface area contributed by atoms with Crippen molar-refractivity contribution >= 4 is 17.7 Å². The minimum absolute atomic E-state index is 0.0264.